The average molecular weight is 221 g/mol. The molecule has 14 heavy (non-hydrogen) atoms. The highest BCUT2D eigenvalue weighted by molar-refractivity contribution is 7.99. The Hall–Kier alpha value is 0.230. The Bertz CT molecular complexity index is 114. The third-order valence-corrected chi connectivity index (χ3v) is 3.01. The fourth-order valence-corrected chi connectivity index (χ4v) is 1.84. The van der Waals surface area contributed by atoms with Crippen molar-refractivity contribution in [2.45, 2.75) is 25.8 Å². The van der Waals surface area contributed by atoms with Crippen molar-refractivity contribution in [2.24, 2.45) is 0 Å². The highest BCUT2D eigenvalue weighted by atomic mass is 32.2. The minimum atomic E-state index is 0.310. The Morgan fingerprint density at radius 1 is 1.43 bits per heavy atom. The topological polar surface area (TPSA) is 41.5 Å². The zero-order chi connectivity index (χ0) is 10.6. The lowest BCUT2D eigenvalue weighted by atomic mass is 10.2. The Morgan fingerprint density at radius 2 is 2.21 bits per heavy atom. The van der Waals surface area contributed by atoms with Gasteiger partial charge < -0.3 is 15.2 Å². The van der Waals surface area contributed by atoms with Gasteiger partial charge in [-0.1, -0.05) is 0 Å². The van der Waals surface area contributed by atoms with E-state index in [0.29, 0.717) is 12.6 Å². The van der Waals surface area contributed by atoms with Crippen LogP contribution in [0.4, 0.5) is 0 Å². The van der Waals surface area contributed by atoms with Crippen molar-refractivity contribution in [1.82, 2.24) is 5.32 Å². The summed E-state index contributed by atoms with van der Waals surface area (Å²) in [5.41, 5.74) is 0. The second-order valence-electron chi connectivity index (χ2n) is 3.33. The molecule has 0 saturated carbocycles. The lowest BCUT2D eigenvalue weighted by Crippen LogP contribution is -2.29. The van der Waals surface area contributed by atoms with E-state index in [9.17, 15) is 0 Å². The summed E-state index contributed by atoms with van der Waals surface area (Å²) < 4.78 is 5.00. The SMILES string of the molecule is COCCC(C)NCCSCCCO. The van der Waals surface area contributed by atoms with Gasteiger partial charge in [0.1, 0.15) is 0 Å². The summed E-state index contributed by atoms with van der Waals surface area (Å²) in [6.45, 7) is 4.36. The molecule has 1 unspecified atom stereocenters. The Morgan fingerprint density at radius 3 is 2.86 bits per heavy atom. The van der Waals surface area contributed by atoms with Crippen LogP contribution in [0.3, 0.4) is 0 Å². The van der Waals surface area contributed by atoms with Crippen molar-refractivity contribution >= 4 is 11.8 Å². The second kappa shape index (κ2) is 11.3. The first-order chi connectivity index (χ1) is 6.81. The smallest absolute Gasteiger partial charge is 0.0476 e. The maximum atomic E-state index is 8.57. The van der Waals surface area contributed by atoms with E-state index >= 15 is 0 Å². The van der Waals surface area contributed by atoms with Crippen LogP contribution in [0.25, 0.3) is 0 Å². The molecule has 0 amide bonds. The number of methoxy groups -OCH3 is 1. The summed E-state index contributed by atoms with van der Waals surface area (Å²) in [5, 5.41) is 12.0. The molecule has 0 aromatic rings. The van der Waals surface area contributed by atoms with Crippen LogP contribution in [0.1, 0.15) is 19.8 Å². The minimum Gasteiger partial charge on any atom is -0.396 e. The molecule has 0 aromatic carbocycles. The van der Waals surface area contributed by atoms with E-state index in [-0.39, 0.29) is 0 Å². The summed E-state index contributed by atoms with van der Waals surface area (Å²) in [5.74, 6) is 2.18. The van der Waals surface area contributed by atoms with Gasteiger partial charge in [0.25, 0.3) is 0 Å². The molecule has 2 N–H and O–H groups in total. The Balaban J connectivity index is 3.02. The van der Waals surface area contributed by atoms with Gasteiger partial charge >= 0.3 is 0 Å². The maximum Gasteiger partial charge on any atom is 0.0476 e. The van der Waals surface area contributed by atoms with Crippen LogP contribution in [0.2, 0.25) is 0 Å². The molecule has 0 saturated heterocycles. The molecule has 0 radical (unpaired) electrons. The van der Waals surface area contributed by atoms with Crippen LogP contribution < -0.4 is 5.32 Å². The lowest BCUT2D eigenvalue weighted by Gasteiger charge is -2.12. The zero-order valence-electron chi connectivity index (χ0n) is 9.29. The van der Waals surface area contributed by atoms with E-state index in [1.54, 1.807) is 7.11 Å². The van der Waals surface area contributed by atoms with Crippen molar-refractivity contribution in [3.8, 4) is 0 Å². The zero-order valence-corrected chi connectivity index (χ0v) is 10.1. The predicted octanol–water partition coefficient (Wildman–Crippen LogP) is 1.12. The first-order valence-electron chi connectivity index (χ1n) is 5.22. The first-order valence-corrected chi connectivity index (χ1v) is 6.37. The molecule has 0 heterocycles. The van der Waals surface area contributed by atoms with E-state index in [4.69, 9.17) is 9.84 Å². The van der Waals surface area contributed by atoms with E-state index in [1.807, 2.05) is 11.8 Å². The standard InChI is InChI=1S/C10H23NO2S/c1-10(4-7-13-2)11-5-9-14-8-3-6-12/h10-12H,3-9H2,1-2H3. The summed E-state index contributed by atoms with van der Waals surface area (Å²) in [6.07, 6.45) is 1.97. The van der Waals surface area contributed by atoms with E-state index in [1.165, 1.54) is 0 Å². The summed E-state index contributed by atoms with van der Waals surface area (Å²) in [4.78, 5) is 0. The molecular weight excluding hydrogens is 198 g/mol. The number of thioether (sulfide) groups is 1. The highest BCUT2D eigenvalue weighted by Gasteiger charge is 1.99. The summed E-state index contributed by atoms with van der Waals surface area (Å²) >= 11 is 1.89. The molecule has 0 bridgehead atoms. The molecule has 0 aliphatic rings. The van der Waals surface area contributed by atoms with Crippen molar-refractivity contribution < 1.29 is 9.84 Å². The minimum absolute atomic E-state index is 0.310. The molecule has 1 atom stereocenters. The molecule has 0 rings (SSSR count). The molecule has 86 valence electrons. The molecular formula is C10H23NO2S. The lowest BCUT2D eigenvalue weighted by molar-refractivity contribution is 0.185. The summed E-state index contributed by atoms with van der Waals surface area (Å²) in [7, 11) is 1.73. The van der Waals surface area contributed by atoms with Crippen molar-refractivity contribution in [3.63, 3.8) is 0 Å². The number of hydrogen-bond acceptors (Lipinski definition) is 4. The van der Waals surface area contributed by atoms with Gasteiger partial charge in [-0.05, 0) is 25.5 Å². The van der Waals surface area contributed by atoms with Crippen LogP contribution in [0.5, 0.6) is 0 Å². The fraction of sp³-hybridized carbons (Fsp3) is 1.00. The van der Waals surface area contributed by atoms with Gasteiger partial charge in [-0.2, -0.15) is 11.8 Å². The van der Waals surface area contributed by atoms with Crippen LogP contribution in [0, 0.1) is 0 Å². The second-order valence-corrected chi connectivity index (χ2v) is 4.55. The predicted molar refractivity (Wildman–Crippen MR) is 63.0 cm³/mol. The van der Waals surface area contributed by atoms with Gasteiger partial charge in [0.15, 0.2) is 0 Å². The quantitative estimate of drug-likeness (QED) is 0.542. The largest absolute Gasteiger partial charge is 0.396 e. The molecule has 0 spiro atoms. The van der Waals surface area contributed by atoms with Gasteiger partial charge in [0.2, 0.25) is 0 Å². The molecule has 0 aliphatic heterocycles. The van der Waals surface area contributed by atoms with Crippen LogP contribution in [-0.4, -0.2) is 49.5 Å². The van der Waals surface area contributed by atoms with Crippen molar-refractivity contribution in [2.75, 3.05) is 38.4 Å². The number of rotatable bonds is 10. The number of ether oxygens (including phenoxy) is 1. The Kier molecular flexibility index (Phi) is 11.5. The number of nitrogens with one attached hydrogen (secondary N) is 1. The van der Waals surface area contributed by atoms with Gasteiger partial charge in [-0.3, -0.25) is 0 Å². The molecule has 0 aliphatic carbocycles. The average Bonchev–Trinajstić information content (AvgIpc) is 2.20. The van der Waals surface area contributed by atoms with Gasteiger partial charge in [-0.15, -0.1) is 0 Å². The van der Waals surface area contributed by atoms with Crippen LogP contribution in [-0.2, 0) is 4.74 Å². The first kappa shape index (κ1) is 14.2. The molecule has 0 fully saturated rings. The third kappa shape index (κ3) is 10.3. The van der Waals surface area contributed by atoms with Crippen molar-refractivity contribution in [3.05, 3.63) is 0 Å². The number of aliphatic hydroxyl groups excluding tert-OH is 1. The Labute approximate surface area is 91.6 Å². The highest BCUT2D eigenvalue weighted by Crippen LogP contribution is 2.00. The summed E-state index contributed by atoms with van der Waals surface area (Å²) in [6, 6.07) is 0.536. The van der Waals surface area contributed by atoms with E-state index in [0.717, 1.165) is 37.5 Å². The number of hydrogen-bond donors (Lipinski definition) is 2. The molecule has 0 aromatic heterocycles. The maximum absolute atomic E-state index is 8.57. The van der Waals surface area contributed by atoms with Crippen LogP contribution >= 0.6 is 11.8 Å². The molecule has 4 heteroatoms. The van der Waals surface area contributed by atoms with Gasteiger partial charge in [0.05, 0.1) is 0 Å². The monoisotopic (exact) mass is 221 g/mol. The van der Waals surface area contributed by atoms with Gasteiger partial charge in [0, 0.05) is 38.7 Å². The van der Waals surface area contributed by atoms with Crippen LogP contribution in [0.15, 0.2) is 0 Å². The van der Waals surface area contributed by atoms with Crippen molar-refractivity contribution in [1.29, 1.82) is 0 Å². The number of aliphatic hydroxyl groups is 1. The molecule has 3 nitrogen and oxygen atoms in total. The third-order valence-electron chi connectivity index (χ3n) is 1.94. The van der Waals surface area contributed by atoms with Gasteiger partial charge in [-0.25, -0.2) is 0 Å². The van der Waals surface area contributed by atoms with E-state index < -0.39 is 0 Å². The fourth-order valence-electron chi connectivity index (χ4n) is 1.04. The normalized spacial score (nSPS) is 13.1. The van der Waals surface area contributed by atoms with E-state index in [2.05, 4.69) is 12.2 Å².